The summed E-state index contributed by atoms with van der Waals surface area (Å²) >= 11 is 1.69. The highest BCUT2D eigenvalue weighted by Crippen LogP contribution is 2.20. The van der Waals surface area contributed by atoms with Crippen LogP contribution >= 0.6 is 11.8 Å². The lowest BCUT2D eigenvalue weighted by Crippen LogP contribution is -2.47. The standard InChI is InChI=1S/C22H25N3O2S/c1-15(26)24-21(12-17-13-23-20-7-5-4-6-19(17)20)22(27)25(2)14-16-8-10-18(28-3)11-9-16/h4-11,13,21,23H,12,14H2,1-3H3,(H,24,26). The van der Waals surface area contributed by atoms with Crippen molar-refractivity contribution in [2.24, 2.45) is 0 Å². The molecule has 0 aliphatic carbocycles. The molecule has 2 amide bonds. The van der Waals surface area contributed by atoms with E-state index in [4.69, 9.17) is 0 Å². The van der Waals surface area contributed by atoms with Crippen molar-refractivity contribution in [1.29, 1.82) is 0 Å². The fraction of sp³-hybridized carbons (Fsp3) is 0.273. The number of thioether (sulfide) groups is 1. The van der Waals surface area contributed by atoms with E-state index in [-0.39, 0.29) is 11.8 Å². The predicted molar refractivity (Wildman–Crippen MR) is 114 cm³/mol. The number of H-pyrrole nitrogens is 1. The fourth-order valence-corrected chi connectivity index (χ4v) is 3.72. The number of amides is 2. The van der Waals surface area contributed by atoms with Crippen molar-refractivity contribution in [1.82, 2.24) is 15.2 Å². The van der Waals surface area contributed by atoms with E-state index in [1.54, 1.807) is 23.7 Å². The van der Waals surface area contributed by atoms with Gasteiger partial charge >= 0.3 is 0 Å². The number of aromatic amines is 1. The first-order valence-corrected chi connectivity index (χ1v) is 10.4. The Bertz CT molecular complexity index is 965. The highest BCUT2D eigenvalue weighted by Gasteiger charge is 2.24. The monoisotopic (exact) mass is 395 g/mol. The number of nitrogens with one attached hydrogen (secondary N) is 2. The summed E-state index contributed by atoms with van der Waals surface area (Å²) < 4.78 is 0. The van der Waals surface area contributed by atoms with E-state index in [2.05, 4.69) is 22.4 Å². The van der Waals surface area contributed by atoms with Gasteiger partial charge in [-0.15, -0.1) is 11.8 Å². The van der Waals surface area contributed by atoms with Gasteiger partial charge in [0.05, 0.1) is 0 Å². The van der Waals surface area contributed by atoms with Crippen LogP contribution in [0, 0.1) is 0 Å². The summed E-state index contributed by atoms with van der Waals surface area (Å²) in [5.41, 5.74) is 3.09. The molecule has 28 heavy (non-hydrogen) atoms. The molecule has 3 aromatic rings. The summed E-state index contributed by atoms with van der Waals surface area (Å²) in [6, 6.07) is 15.5. The number of fused-ring (bicyclic) bond motifs is 1. The minimum absolute atomic E-state index is 0.102. The molecule has 0 aliphatic rings. The van der Waals surface area contributed by atoms with Crippen molar-refractivity contribution >= 4 is 34.5 Å². The molecule has 0 spiro atoms. The van der Waals surface area contributed by atoms with Crippen molar-refractivity contribution < 1.29 is 9.59 Å². The molecule has 5 nitrogen and oxygen atoms in total. The molecule has 3 rings (SSSR count). The van der Waals surface area contributed by atoms with E-state index in [9.17, 15) is 9.59 Å². The molecule has 0 aliphatic heterocycles. The predicted octanol–water partition coefficient (Wildman–Crippen LogP) is 3.60. The molecule has 1 atom stereocenters. The minimum Gasteiger partial charge on any atom is -0.361 e. The van der Waals surface area contributed by atoms with E-state index < -0.39 is 6.04 Å². The zero-order valence-corrected chi connectivity index (χ0v) is 17.2. The van der Waals surface area contributed by atoms with Crippen LogP contribution in [0.5, 0.6) is 0 Å². The van der Waals surface area contributed by atoms with Gasteiger partial charge in [0.2, 0.25) is 11.8 Å². The van der Waals surface area contributed by atoms with E-state index in [0.717, 1.165) is 22.0 Å². The third-order valence-electron chi connectivity index (χ3n) is 4.73. The summed E-state index contributed by atoms with van der Waals surface area (Å²) in [6.45, 7) is 1.94. The maximum atomic E-state index is 13.1. The Balaban J connectivity index is 1.75. The number of para-hydroxylation sites is 1. The number of hydrogen-bond donors (Lipinski definition) is 2. The van der Waals surface area contributed by atoms with Crippen LogP contribution in [-0.4, -0.2) is 41.0 Å². The molecule has 1 unspecified atom stereocenters. The van der Waals surface area contributed by atoms with Gasteiger partial charge in [0.15, 0.2) is 0 Å². The van der Waals surface area contributed by atoms with Gasteiger partial charge in [-0.25, -0.2) is 0 Å². The summed E-state index contributed by atoms with van der Waals surface area (Å²) in [5, 5.41) is 3.89. The Morgan fingerprint density at radius 2 is 1.86 bits per heavy atom. The average molecular weight is 396 g/mol. The van der Waals surface area contributed by atoms with E-state index in [1.165, 1.54) is 11.8 Å². The number of hydrogen-bond acceptors (Lipinski definition) is 3. The average Bonchev–Trinajstić information content (AvgIpc) is 3.10. The van der Waals surface area contributed by atoms with E-state index >= 15 is 0 Å². The van der Waals surface area contributed by atoms with Crippen LogP contribution < -0.4 is 5.32 Å². The number of benzene rings is 2. The molecular formula is C22H25N3O2S. The van der Waals surface area contributed by atoms with Gasteiger partial charge in [-0.2, -0.15) is 0 Å². The number of nitrogens with zero attached hydrogens (tertiary/aromatic N) is 1. The molecular weight excluding hydrogens is 370 g/mol. The second-order valence-corrected chi connectivity index (χ2v) is 7.74. The van der Waals surface area contributed by atoms with Crippen LogP contribution in [0.1, 0.15) is 18.1 Å². The molecule has 0 bridgehead atoms. The van der Waals surface area contributed by atoms with Gasteiger partial charge in [-0.3, -0.25) is 9.59 Å². The second kappa shape index (κ2) is 8.97. The van der Waals surface area contributed by atoms with Gasteiger partial charge in [-0.05, 0) is 35.6 Å². The van der Waals surface area contributed by atoms with Crippen molar-refractivity contribution in [3.63, 3.8) is 0 Å². The van der Waals surface area contributed by atoms with Gasteiger partial charge in [0.25, 0.3) is 0 Å². The van der Waals surface area contributed by atoms with Crippen LogP contribution in [0.15, 0.2) is 59.6 Å². The molecule has 146 valence electrons. The first kappa shape index (κ1) is 20.0. The topological polar surface area (TPSA) is 65.2 Å². The first-order valence-electron chi connectivity index (χ1n) is 9.18. The molecule has 2 N–H and O–H groups in total. The summed E-state index contributed by atoms with van der Waals surface area (Å²) in [5.74, 6) is -0.315. The summed E-state index contributed by atoms with van der Waals surface area (Å²) in [6.07, 6.45) is 4.39. The van der Waals surface area contributed by atoms with Crippen LogP contribution in [-0.2, 0) is 22.6 Å². The van der Waals surface area contributed by atoms with E-state index in [1.807, 2.05) is 48.9 Å². The molecule has 2 aromatic carbocycles. The number of likely N-dealkylation sites (N-methyl/N-ethyl adjacent to an activating group) is 1. The summed E-state index contributed by atoms with van der Waals surface area (Å²) in [7, 11) is 1.77. The number of carbonyl (C=O) groups is 2. The first-order chi connectivity index (χ1) is 13.5. The van der Waals surface area contributed by atoms with Crippen LogP contribution in [0.25, 0.3) is 10.9 Å². The maximum absolute atomic E-state index is 13.1. The highest BCUT2D eigenvalue weighted by molar-refractivity contribution is 7.98. The molecule has 6 heteroatoms. The van der Waals surface area contributed by atoms with Crippen molar-refractivity contribution in [3.8, 4) is 0 Å². The van der Waals surface area contributed by atoms with Crippen molar-refractivity contribution in [2.45, 2.75) is 30.8 Å². The summed E-state index contributed by atoms with van der Waals surface area (Å²) in [4.78, 5) is 30.9. The zero-order chi connectivity index (χ0) is 20.1. The third kappa shape index (κ3) is 4.75. The third-order valence-corrected chi connectivity index (χ3v) is 5.47. The number of carbonyl (C=O) groups excluding carboxylic acids is 2. The molecule has 0 radical (unpaired) electrons. The molecule has 1 aromatic heterocycles. The van der Waals surface area contributed by atoms with Crippen molar-refractivity contribution in [3.05, 3.63) is 65.9 Å². The van der Waals surface area contributed by atoms with Gasteiger partial charge in [-0.1, -0.05) is 30.3 Å². The second-order valence-electron chi connectivity index (χ2n) is 6.86. The molecule has 0 saturated heterocycles. The van der Waals surface area contributed by atoms with Crippen LogP contribution in [0.3, 0.4) is 0 Å². The SMILES string of the molecule is CSc1ccc(CN(C)C(=O)C(Cc2c[nH]c3ccccc23)NC(C)=O)cc1. The smallest absolute Gasteiger partial charge is 0.245 e. The molecule has 1 heterocycles. The normalized spacial score (nSPS) is 12.0. The van der Waals surface area contributed by atoms with Crippen LogP contribution in [0.4, 0.5) is 0 Å². The van der Waals surface area contributed by atoms with Gasteiger partial charge < -0.3 is 15.2 Å². The lowest BCUT2D eigenvalue weighted by molar-refractivity contribution is -0.135. The van der Waals surface area contributed by atoms with E-state index in [0.29, 0.717) is 13.0 Å². The van der Waals surface area contributed by atoms with Crippen LogP contribution in [0.2, 0.25) is 0 Å². The Morgan fingerprint density at radius 1 is 1.14 bits per heavy atom. The quantitative estimate of drug-likeness (QED) is 0.601. The Kier molecular flexibility index (Phi) is 6.41. The lowest BCUT2D eigenvalue weighted by Gasteiger charge is -2.24. The zero-order valence-electron chi connectivity index (χ0n) is 16.4. The lowest BCUT2D eigenvalue weighted by atomic mass is 10.0. The Labute approximate surface area is 169 Å². The van der Waals surface area contributed by atoms with Gasteiger partial charge in [0.1, 0.15) is 6.04 Å². The van der Waals surface area contributed by atoms with Crippen molar-refractivity contribution in [2.75, 3.05) is 13.3 Å². The largest absolute Gasteiger partial charge is 0.361 e. The fourth-order valence-electron chi connectivity index (χ4n) is 3.31. The maximum Gasteiger partial charge on any atom is 0.245 e. The molecule has 0 saturated carbocycles. The number of rotatable bonds is 7. The highest BCUT2D eigenvalue weighted by atomic mass is 32.2. The Hall–Kier alpha value is -2.73. The van der Waals surface area contributed by atoms with Gasteiger partial charge in [0, 0.05) is 48.9 Å². The Morgan fingerprint density at radius 3 is 2.54 bits per heavy atom. The number of aromatic nitrogens is 1. The minimum atomic E-state index is -0.604. The molecule has 0 fully saturated rings.